The quantitative estimate of drug-likeness (QED) is 0.219. The number of methoxy groups -OCH3 is 2. The van der Waals surface area contributed by atoms with E-state index in [-0.39, 0.29) is 19.8 Å². The van der Waals surface area contributed by atoms with Crippen LogP contribution in [-0.2, 0) is 30.4 Å². The van der Waals surface area contributed by atoms with Crippen molar-refractivity contribution in [2.45, 2.75) is 19.6 Å². The number of hydrogen-bond donors (Lipinski definition) is 0. The van der Waals surface area contributed by atoms with E-state index >= 15 is 0 Å². The second kappa shape index (κ2) is 11.6. The SMILES string of the molecule is COc1ccc([C@@H](COC(=O)COCc2c3ccccc3cc3ccccc23)OC(C)=O)cc1OC. The van der Waals surface area contributed by atoms with Gasteiger partial charge in [0.1, 0.15) is 13.2 Å². The Morgan fingerprint density at radius 2 is 1.44 bits per heavy atom. The van der Waals surface area contributed by atoms with Crippen molar-refractivity contribution in [2.24, 2.45) is 0 Å². The van der Waals surface area contributed by atoms with Crippen LogP contribution in [0.5, 0.6) is 11.5 Å². The number of benzene rings is 4. The largest absolute Gasteiger partial charge is 0.493 e. The first-order valence-corrected chi connectivity index (χ1v) is 11.5. The minimum atomic E-state index is -0.798. The van der Waals surface area contributed by atoms with Crippen molar-refractivity contribution in [3.63, 3.8) is 0 Å². The molecule has 1 atom stereocenters. The topological polar surface area (TPSA) is 80.3 Å². The second-order valence-corrected chi connectivity index (χ2v) is 8.19. The first kappa shape index (κ1) is 25.0. The summed E-state index contributed by atoms with van der Waals surface area (Å²) in [4.78, 5) is 24.1. The lowest BCUT2D eigenvalue weighted by molar-refractivity contribution is -0.161. The van der Waals surface area contributed by atoms with Gasteiger partial charge in [-0.25, -0.2) is 4.79 Å². The number of carbonyl (C=O) groups is 2. The van der Waals surface area contributed by atoms with E-state index in [9.17, 15) is 9.59 Å². The van der Waals surface area contributed by atoms with E-state index in [0.29, 0.717) is 17.1 Å². The minimum Gasteiger partial charge on any atom is -0.493 e. The van der Waals surface area contributed by atoms with Gasteiger partial charge in [-0.15, -0.1) is 0 Å². The molecule has 0 aliphatic heterocycles. The third-order valence-corrected chi connectivity index (χ3v) is 5.83. The van der Waals surface area contributed by atoms with Crippen molar-refractivity contribution < 1.29 is 33.3 Å². The standard InChI is InChI=1S/C29H28O7/c1-19(30)36-28(22-12-13-26(32-2)27(15-22)33-3)17-35-29(31)18-34-16-25-23-10-6-4-8-20(23)14-21-9-5-7-11-24(21)25/h4-15,28H,16-18H2,1-3H3/t28-/m1/s1. The third kappa shape index (κ3) is 5.75. The van der Waals surface area contributed by atoms with E-state index in [2.05, 4.69) is 18.2 Å². The van der Waals surface area contributed by atoms with Crippen LogP contribution < -0.4 is 9.47 Å². The molecule has 0 N–H and O–H groups in total. The molecule has 0 radical (unpaired) electrons. The molecule has 36 heavy (non-hydrogen) atoms. The van der Waals surface area contributed by atoms with Crippen LogP contribution in [0.15, 0.2) is 72.8 Å². The van der Waals surface area contributed by atoms with Crippen molar-refractivity contribution in [3.8, 4) is 11.5 Å². The lowest BCUT2D eigenvalue weighted by Gasteiger charge is -2.19. The zero-order chi connectivity index (χ0) is 25.5. The second-order valence-electron chi connectivity index (χ2n) is 8.19. The number of hydrogen-bond acceptors (Lipinski definition) is 7. The van der Waals surface area contributed by atoms with Crippen molar-refractivity contribution in [3.05, 3.63) is 83.9 Å². The Kier molecular flexibility index (Phi) is 8.02. The number of esters is 2. The Labute approximate surface area is 209 Å². The summed E-state index contributed by atoms with van der Waals surface area (Å²) in [6.07, 6.45) is -0.798. The van der Waals surface area contributed by atoms with E-state index < -0.39 is 18.0 Å². The molecule has 0 spiro atoms. The van der Waals surface area contributed by atoms with Gasteiger partial charge in [0.25, 0.3) is 0 Å². The lowest BCUT2D eigenvalue weighted by Crippen LogP contribution is -2.20. The maximum Gasteiger partial charge on any atom is 0.332 e. The van der Waals surface area contributed by atoms with Gasteiger partial charge in [0.15, 0.2) is 17.6 Å². The van der Waals surface area contributed by atoms with Gasteiger partial charge in [0.05, 0.1) is 20.8 Å². The van der Waals surface area contributed by atoms with Crippen LogP contribution in [0.2, 0.25) is 0 Å². The molecule has 0 heterocycles. The number of ether oxygens (including phenoxy) is 5. The molecule has 0 aliphatic carbocycles. The molecule has 0 aliphatic rings. The number of fused-ring (bicyclic) bond motifs is 2. The lowest BCUT2D eigenvalue weighted by atomic mass is 9.97. The third-order valence-electron chi connectivity index (χ3n) is 5.83. The molecule has 186 valence electrons. The van der Waals surface area contributed by atoms with Gasteiger partial charge in [0, 0.05) is 6.92 Å². The van der Waals surface area contributed by atoms with Crippen molar-refractivity contribution in [1.29, 1.82) is 0 Å². The van der Waals surface area contributed by atoms with Crippen LogP contribution in [0.3, 0.4) is 0 Å². The smallest absolute Gasteiger partial charge is 0.332 e. The maximum atomic E-state index is 12.5. The molecule has 0 unspecified atom stereocenters. The first-order valence-electron chi connectivity index (χ1n) is 11.5. The summed E-state index contributed by atoms with van der Waals surface area (Å²) in [7, 11) is 3.04. The molecule has 0 aromatic heterocycles. The summed E-state index contributed by atoms with van der Waals surface area (Å²) in [5.74, 6) is -0.0413. The molecule has 4 aromatic carbocycles. The zero-order valence-corrected chi connectivity index (χ0v) is 20.5. The summed E-state index contributed by atoms with van der Waals surface area (Å²) in [5, 5.41) is 4.37. The fourth-order valence-electron chi connectivity index (χ4n) is 4.16. The highest BCUT2D eigenvalue weighted by molar-refractivity contribution is 6.02. The average Bonchev–Trinajstić information content (AvgIpc) is 2.90. The van der Waals surface area contributed by atoms with Crippen molar-refractivity contribution in [2.75, 3.05) is 27.4 Å². The fourth-order valence-corrected chi connectivity index (χ4v) is 4.16. The molecule has 4 aromatic rings. The van der Waals surface area contributed by atoms with Gasteiger partial charge >= 0.3 is 11.9 Å². The van der Waals surface area contributed by atoms with E-state index in [1.54, 1.807) is 18.2 Å². The summed E-state index contributed by atoms with van der Waals surface area (Å²) in [6, 6.07) is 23.4. The highest BCUT2D eigenvalue weighted by Gasteiger charge is 2.20. The van der Waals surface area contributed by atoms with Crippen molar-refractivity contribution in [1.82, 2.24) is 0 Å². The minimum absolute atomic E-state index is 0.158. The first-order chi connectivity index (χ1) is 17.5. The van der Waals surface area contributed by atoms with Crippen LogP contribution in [-0.4, -0.2) is 39.4 Å². The molecule has 0 saturated carbocycles. The molecule has 0 saturated heterocycles. The molecule has 7 nitrogen and oxygen atoms in total. The number of carbonyl (C=O) groups excluding carboxylic acids is 2. The van der Waals surface area contributed by atoms with E-state index in [1.807, 2.05) is 36.4 Å². The van der Waals surface area contributed by atoms with Gasteiger partial charge in [-0.05, 0) is 50.9 Å². The molecular weight excluding hydrogens is 460 g/mol. The van der Waals surface area contributed by atoms with Crippen LogP contribution in [0, 0.1) is 0 Å². The maximum absolute atomic E-state index is 12.5. The van der Waals surface area contributed by atoms with Crippen LogP contribution in [0.4, 0.5) is 0 Å². The predicted octanol–water partition coefficient (Wildman–Crippen LogP) is 5.37. The van der Waals surface area contributed by atoms with E-state index in [1.165, 1.54) is 21.1 Å². The summed E-state index contributed by atoms with van der Waals surface area (Å²) < 4.78 is 27.1. The average molecular weight is 489 g/mol. The fraction of sp³-hybridized carbons (Fsp3) is 0.241. The Morgan fingerprint density at radius 1 is 0.806 bits per heavy atom. The molecule has 0 amide bonds. The van der Waals surface area contributed by atoms with E-state index in [4.69, 9.17) is 23.7 Å². The Morgan fingerprint density at radius 3 is 2.06 bits per heavy atom. The normalized spacial score (nSPS) is 11.8. The monoisotopic (exact) mass is 488 g/mol. The van der Waals surface area contributed by atoms with Gasteiger partial charge in [-0.2, -0.15) is 0 Å². The predicted molar refractivity (Wildman–Crippen MR) is 136 cm³/mol. The molecule has 7 heteroatoms. The summed E-state index contributed by atoms with van der Waals surface area (Å²) in [6.45, 7) is 1.15. The van der Waals surface area contributed by atoms with Crippen LogP contribution >= 0.6 is 0 Å². The van der Waals surface area contributed by atoms with Gasteiger partial charge in [-0.1, -0.05) is 54.6 Å². The highest BCUT2D eigenvalue weighted by Crippen LogP contribution is 2.32. The van der Waals surface area contributed by atoms with Crippen molar-refractivity contribution >= 4 is 33.5 Å². The van der Waals surface area contributed by atoms with E-state index in [0.717, 1.165) is 27.1 Å². The molecular formula is C29H28O7. The van der Waals surface area contributed by atoms with Crippen LogP contribution in [0.25, 0.3) is 21.5 Å². The molecule has 0 bridgehead atoms. The Balaban J connectivity index is 1.42. The van der Waals surface area contributed by atoms with Gasteiger partial charge < -0.3 is 23.7 Å². The zero-order valence-electron chi connectivity index (χ0n) is 20.5. The summed E-state index contributed by atoms with van der Waals surface area (Å²) >= 11 is 0. The van der Waals surface area contributed by atoms with Gasteiger partial charge in [-0.3, -0.25) is 4.79 Å². The Bertz CT molecular complexity index is 1320. The van der Waals surface area contributed by atoms with Gasteiger partial charge in [0.2, 0.25) is 0 Å². The molecule has 4 rings (SSSR count). The Hall–Kier alpha value is -4.10. The van der Waals surface area contributed by atoms with Crippen LogP contribution in [0.1, 0.15) is 24.2 Å². The highest BCUT2D eigenvalue weighted by atomic mass is 16.6. The summed E-state index contributed by atoms with van der Waals surface area (Å²) in [5.41, 5.74) is 1.62. The molecule has 0 fully saturated rings. The number of rotatable bonds is 10.